The van der Waals surface area contributed by atoms with Crippen LogP contribution in [-0.2, 0) is 18.8 Å². The zero-order valence-corrected chi connectivity index (χ0v) is 20.9. The van der Waals surface area contributed by atoms with Crippen LogP contribution in [0.15, 0.2) is 12.7 Å². The van der Waals surface area contributed by atoms with Gasteiger partial charge in [-0.15, -0.1) is 6.58 Å². The Morgan fingerprint density at radius 1 is 0.704 bits per heavy atom. The molecule has 0 saturated heterocycles. The van der Waals surface area contributed by atoms with Gasteiger partial charge in [-0.2, -0.15) is 8.42 Å². The Kier molecular flexibility index (Phi) is 25.3. The minimum absolute atomic E-state index is 0. The fourth-order valence-electron chi connectivity index (χ4n) is 2.98. The first-order chi connectivity index (χ1) is 12.6. The van der Waals surface area contributed by atoms with E-state index in [1.807, 2.05) is 0 Å². The normalized spacial score (nSPS) is 11.3. The van der Waals surface area contributed by atoms with Crippen LogP contribution in [0.4, 0.5) is 0 Å². The summed E-state index contributed by atoms with van der Waals surface area (Å²) in [6, 6.07) is 0. The van der Waals surface area contributed by atoms with Gasteiger partial charge in [-0.25, -0.2) is 8.37 Å². The minimum atomic E-state index is -3.84. The van der Waals surface area contributed by atoms with Crippen LogP contribution in [0.2, 0.25) is 0 Å². The molecular weight excluding hydrogens is 371 g/mol. The third kappa shape index (κ3) is 24.6. The Labute approximate surface area is 193 Å². The molecule has 0 aromatic carbocycles. The fraction of sp³-hybridized carbons (Fsp3) is 0.905. The standard InChI is InChI=1S/C21H42O4S.Na.H/c1-3-5-6-7-8-9-10-11-12-13-14-15-16-17-18-19-21-25-26(22,23)24-20-4-2;;/h4H,2-3,5-21H2,1H3;;/q;+1;-1. The van der Waals surface area contributed by atoms with E-state index in [4.69, 9.17) is 4.18 Å². The van der Waals surface area contributed by atoms with Gasteiger partial charge in [0.1, 0.15) is 0 Å². The summed E-state index contributed by atoms with van der Waals surface area (Å²) in [5.74, 6) is 0. The summed E-state index contributed by atoms with van der Waals surface area (Å²) in [7, 11) is -3.84. The summed E-state index contributed by atoms with van der Waals surface area (Å²) in [6.07, 6.45) is 22.1. The zero-order valence-electron chi connectivity index (χ0n) is 19.1. The van der Waals surface area contributed by atoms with Crippen LogP contribution in [0.1, 0.15) is 111 Å². The van der Waals surface area contributed by atoms with Crippen molar-refractivity contribution in [3.63, 3.8) is 0 Å². The SMILES string of the molecule is C=CCOS(=O)(=O)OCCCCCCCCCCCCCCCCCC.[H-].[Na+]. The van der Waals surface area contributed by atoms with Crippen molar-refractivity contribution in [2.45, 2.75) is 110 Å². The predicted molar refractivity (Wildman–Crippen MR) is 112 cm³/mol. The predicted octanol–water partition coefficient (Wildman–Crippen LogP) is 3.83. The van der Waals surface area contributed by atoms with Crippen LogP contribution in [0.5, 0.6) is 0 Å². The molecule has 27 heavy (non-hydrogen) atoms. The summed E-state index contributed by atoms with van der Waals surface area (Å²) < 4.78 is 31.8. The molecule has 4 nitrogen and oxygen atoms in total. The molecule has 0 fully saturated rings. The molecule has 0 spiro atoms. The smallest absolute Gasteiger partial charge is 1.00 e. The average Bonchev–Trinajstić information content (AvgIpc) is 2.62. The second-order valence-electron chi connectivity index (χ2n) is 7.11. The molecule has 158 valence electrons. The van der Waals surface area contributed by atoms with Crippen molar-refractivity contribution in [3.05, 3.63) is 12.7 Å². The maximum Gasteiger partial charge on any atom is 1.00 e. The Hall–Kier alpha value is 0.610. The topological polar surface area (TPSA) is 52.6 Å². The molecule has 0 aliphatic rings. The van der Waals surface area contributed by atoms with E-state index in [-0.39, 0.29) is 44.2 Å². The van der Waals surface area contributed by atoms with Gasteiger partial charge in [0.05, 0.1) is 13.2 Å². The summed E-state index contributed by atoms with van der Waals surface area (Å²) in [6.45, 7) is 5.83. The second-order valence-corrected chi connectivity index (χ2v) is 8.39. The van der Waals surface area contributed by atoms with Gasteiger partial charge in [-0.1, -0.05) is 109 Å². The van der Waals surface area contributed by atoms with Crippen molar-refractivity contribution >= 4 is 10.4 Å². The number of hydrogen-bond donors (Lipinski definition) is 0. The van der Waals surface area contributed by atoms with Crippen LogP contribution in [0.25, 0.3) is 0 Å². The zero-order chi connectivity index (χ0) is 19.3. The van der Waals surface area contributed by atoms with Gasteiger partial charge in [-0.3, -0.25) is 0 Å². The molecule has 0 amide bonds. The van der Waals surface area contributed by atoms with Crippen LogP contribution in [0.3, 0.4) is 0 Å². The van der Waals surface area contributed by atoms with Crippen LogP contribution in [0, 0.1) is 0 Å². The molecule has 0 unspecified atom stereocenters. The van der Waals surface area contributed by atoms with Gasteiger partial charge in [0, 0.05) is 0 Å². The maximum atomic E-state index is 11.3. The van der Waals surface area contributed by atoms with Crippen molar-refractivity contribution in [2.24, 2.45) is 0 Å². The summed E-state index contributed by atoms with van der Waals surface area (Å²) in [5.41, 5.74) is 0. The largest absolute Gasteiger partial charge is 1.00 e. The molecular formula is C21H43NaO4S. The molecule has 0 radical (unpaired) electrons. The van der Waals surface area contributed by atoms with E-state index in [2.05, 4.69) is 17.7 Å². The second kappa shape index (κ2) is 22.9. The van der Waals surface area contributed by atoms with Gasteiger partial charge in [0.25, 0.3) is 0 Å². The quantitative estimate of drug-likeness (QED) is 0.163. The van der Waals surface area contributed by atoms with Crippen molar-refractivity contribution in [3.8, 4) is 0 Å². The van der Waals surface area contributed by atoms with E-state index < -0.39 is 10.4 Å². The van der Waals surface area contributed by atoms with E-state index >= 15 is 0 Å². The maximum absolute atomic E-state index is 11.3. The molecule has 0 saturated carbocycles. The summed E-state index contributed by atoms with van der Waals surface area (Å²) in [5, 5.41) is 0. The Morgan fingerprint density at radius 3 is 1.44 bits per heavy atom. The third-order valence-corrected chi connectivity index (χ3v) is 5.44. The molecule has 0 rings (SSSR count). The first-order valence-corrected chi connectivity index (χ1v) is 12.1. The van der Waals surface area contributed by atoms with Gasteiger partial charge in [0.15, 0.2) is 0 Å². The van der Waals surface area contributed by atoms with E-state index in [1.165, 1.54) is 89.5 Å². The minimum Gasteiger partial charge on any atom is -1.00 e. The Bertz CT molecular complexity index is 405. The molecule has 6 heteroatoms. The molecule has 0 aromatic heterocycles. The van der Waals surface area contributed by atoms with Gasteiger partial charge < -0.3 is 1.43 Å². The van der Waals surface area contributed by atoms with Crippen LogP contribution in [-0.4, -0.2) is 21.6 Å². The van der Waals surface area contributed by atoms with Gasteiger partial charge in [0.2, 0.25) is 0 Å². The van der Waals surface area contributed by atoms with Crippen molar-refractivity contribution in [1.29, 1.82) is 0 Å². The summed E-state index contributed by atoms with van der Waals surface area (Å²) in [4.78, 5) is 0. The number of unbranched alkanes of at least 4 members (excludes halogenated alkanes) is 15. The van der Waals surface area contributed by atoms with Crippen molar-refractivity contribution in [2.75, 3.05) is 13.2 Å². The van der Waals surface area contributed by atoms with Gasteiger partial charge >= 0.3 is 40.0 Å². The Morgan fingerprint density at radius 2 is 1.07 bits per heavy atom. The third-order valence-electron chi connectivity index (χ3n) is 4.56. The monoisotopic (exact) mass is 414 g/mol. The van der Waals surface area contributed by atoms with E-state index in [9.17, 15) is 8.42 Å². The molecule has 0 aliphatic heterocycles. The van der Waals surface area contributed by atoms with E-state index in [0.29, 0.717) is 0 Å². The van der Waals surface area contributed by atoms with Crippen LogP contribution < -0.4 is 29.6 Å². The first kappa shape index (κ1) is 29.8. The van der Waals surface area contributed by atoms with Crippen molar-refractivity contribution in [1.82, 2.24) is 0 Å². The molecule has 0 atom stereocenters. The molecule has 0 aromatic rings. The average molecular weight is 415 g/mol. The van der Waals surface area contributed by atoms with Crippen molar-refractivity contribution < 1.29 is 47.8 Å². The number of rotatable bonds is 21. The van der Waals surface area contributed by atoms with Crippen LogP contribution >= 0.6 is 0 Å². The van der Waals surface area contributed by atoms with E-state index in [1.54, 1.807) is 0 Å². The van der Waals surface area contributed by atoms with Gasteiger partial charge in [-0.05, 0) is 6.42 Å². The number of hydrogen-bond acceptors (Lipinski definition) is 4. The fourth-order valence-corrected chi connectivity index (χ4v) is 3.63. The summed E-state index contributed by atoms with van der Waals surface area (Å²) >= 11 is 0. The molecule has 0 aliphatic carbocycles. The molecule has 0 heterocycles. The Balaban J connectivity index is -0.00000312. The molecule has 0 N–H and O–H groups in total. The first-order valence-electron chi connectivity index (χ1n) is 10.8. The van der Waals surface area contributed by atoms with E-state index in [0.717, 1.165) is 19.3 Å². The molecule has 0 bridgehead atoms.